The molecule has 0 spiro atoms. The van der Waals surface area contributed by atoms with Gasteiger partial charge in [0.1, 0.15) is 5.75 Å². The van der Waals surface area contributed by atoms with Crippen molar-refractivity contribution in [3.63, 3.8) is 0 Å². The van der Waals surface area contributed by atoms with Crippen molar-refractivity contribution in [1.82, 2.24) is 9.78 Å². The van der Waals surface area contributed by atoms with Crippen LogP contribution in [0, 0.1) is 0 Å². The number of hydrogen-bond acceptors (Lipinski definition) is 5. The fourth-order valence-corrected chi connectivity index (χ4v) is 4.58. The predicted octanol–water partition coefficient (Wildman–Crippen LogP) is 2.43. The van der Waals surface area contributed by atoms with Gasteiger partial charge < -0.3 is 10.5 Å². The Bertz CT molecular complexity index is 995. The number of aromatic nitrogens is 2. The van der Waals surface area contributed by atoms with Gasteiger partial charge in [0.2, 0.25) is 9.84 Å². The molecule has 0 saturated heterocycles. The maximum absolute atomic E-state index is 13.3. The van der Waals surface area contributed by atoms with Gasteiger partial charge in [0.25, 0.3) is 0 Å². The monoisotopic (exact) mass is 371 g/mol. The summed E-state index contributed by atoms with van der Waals surface area (Å²) in [5.41, 5.74) is 7.90. The lowest BCUT2D eigenvalue weighted by Crippen LogP contribution is -2.12. The minimum Gasteiger partial charge on any atom is -0.497 e. The van der Waals surface area contributed by atoms with Crippen LogP contribution in [0.15, 0.2) is 64.5 Å². The van der Waals surface area contributed by atoms with E-state index in [1.165, 1.54) is 23.9 Å². The molecule has 0 amide bonds. The molecule has 0 unspecified atom stereocenters. The third-order valence-electron chi connectivity index (χ3n) is 4.15. The topological polar surface area (TPSA) is 87.2 Å². The van der Waals surface area contributed by atoms with E-state index in [-0.39, 0.29) is 9.92 Å². The second kappa shape index (κ2) is 7.31. The summed E-state index contributed by atoms with van der Waals surface area (Å²) in [4.78, 5) is 0.194. The van der Waals surface area contributed by atoms with Crippen LogP contribution >= 0.6 is 0 Å². The first-order valence-electron chi connectivity index (χ1n) is 8.19. The number of methoxy groups -OCH3 is 1. The van der Waals surface area contributed by atoms with E-state index in [2.05, 4.69) is 5.10 Å². The maximum Gasteiger partial charge on any atom is 0.223 e. The first kappa shape index (κ1) is 18.2. The van der Waals surface area contributed by atoms with Crippen LogP contribution in [0.1, 0.15) is 5.56 Å². The van der Waals surface area contributed by atoms with E-state index in [9.17, 15) is 8.42 Å². The van der Waals surface area contributed by atoms with Gasteiger partial charge in [0.05, 0.1) is 17.7 Å². The lowest BCUT2D eigenvalue weighted by molar-refractivity contribution is 0.414. The van der Waals surface area contributed by atoms with Gasteiger partial charge in [-0.2, -0.15) is 5.10 Å². The van der Waals surface area contributed by atoms with Crippen molar-refractivity contribution >= 4 is 9.84 Å². The van der Waals surface area contributed by atoms with Crippen molar-refractivity contribution in [2.45, 2.75) is 16.3 Å². The molecule has 1 aromatic heterocycles. The molecule has 0 radical (unpaired) electrons. The number of benzene rings is 2. The van der Waals surface area contributed by atoms with Gasteiger partial charge >= 0.3 is 0 Å². The van der Waals surface area contributed by atoms with Gasteiger partial charge in [-0.05, 0) is 37.2 Å². The highest BCUT2D eigenvalue weighted by Gasteiger charge is 2.28. The molecule has 136 valence electrons. The Morgan fingerprint density at radius 1 is 1.08 bits per heavy atom. The zero-order valence-electron chi connectivity index (χ0n) is 14.7. The highest BCUT2D eigenvalue weighted by Crippen LogP contribution is 2.32. The number of aryl methyl sites for hydroxylation is 1. The van der Waals surface area contributed by atoms with Crippen LogP contribution in [-0.2, 0) is 23.3 Å². The molecule has 2 aromatic carbocycles. The number of ether oxygens (including phenoxy) is 1. The second-order valence-electron chi connectivity index (χ2n) is 5.84. The zero-order chi connectivity index (χ0) is 18.7. The molecule has 7 heteroatoms. The Morgan fingerprint density at radius 2 is 1.73 bits per heavy atom. The van der Waals surface area contributed by atoms with E-state index >= 15 is 0 Å². The highest BCUT2D eigenvalue weighted by atomic mass is 32.2. The highest BCUT2D eigenvalue weighted by molar-refractivity contribution is 7.91. The maximum atomic E-state index is 13.3. The van der Waals surface area contributed by atoms with E-state index in [4.69, 9.17) is 10.5 Å². The molecular weight excluding hydrogens is 350 g/mol. The van der Waals surface area contributed by atoms with Crippen molar-refractivity contribution in [1.29, 1.82) is 0 Å². The van der Waals surface area contributed by atoms with Crippen molar-refractivity contribution in [2.24, 2.45) is 12.8 Å². The summed E-state index contributed by atoms with van der Waals surface area (Å²) < 4.78 is 33.0. The molecule has 0 bridgehead atoms. The number of rotatable bonds is 6. The molecule has 6 nitrogen and oxygen atoms in total. The van der Waals surface area contributed by atoms with Gasteiger partial charge in [-0.25, -0.2) is 8.42 Å². The third-order valence-corrected chi connectivity index (χ3v) is 6.07. The van der Waals surface area contributed by atoms with Gasteiger partial charge in [0.15, 0.2) is 5.03 Å². The summed E-state index contributed by atoms with van der Waals surface area (Å²) in [5.74, 6) is 0.598. The van der Waals surface area contributed by atoms with Crippen molar-refractivity contribution in [2.75, 3.05) is 13.7 Å². The lowest BCUT2D eigenvalue weighted by Gasteiger charge is -2.09. The smallest absolute Gasteiger partial charge is 0.223 e. The average Bonchev–Trinajstić information content (AvgIpc) is 2.99. The van der Waals surface area contributed by atoms with E-state index < -0.39 is 9.84 Å². The molecule has 0 aliphatic heterocycles. The molecule has 0 atom stereocenters. The normalized spacial score (nSPS) is 11.5. The number of nitrogens with two attached hydrogens (primary N) is 1. The van der Waals surface area contributed by atoms with E-state index in [0.717, 1.165) is 5.56 Å². The number of hydrogen-bond donors (Lipinski definition) is 1. The van der Waals surface area contributed by atoms with Crippen LogP contribution in [-0.4, -0.2) is 31.9 Å². The Morgan fingerprint density at radius 3 is 2.31 bits per heavy atom. The SMILES string of the molecule is COc1ccc(S(=O)(=O)c2c(CCN)c(-c3ccccc3)nn2C)cc1. The molecule has 0 aliphatic carbocycles. The minimum atomic E-state index is -3.75. The van der Waals surface area contributed by atoms with Gasteiger partial charge in [-0.1, -0.05) is 30.3 Å². The summed E-state index contributed by atoms with van der Waals surface area (Å²) >= 11 is 0. The quantitative estimate of drug-likeness (QED) is 0.719. The van der Waals surface area contributed by atoms with Crippen molar-refractivity contribution < 1.29 is 13.2 Å². The third kappa shape index (κ3) is 3.23. The molecular formula is C19H21N3O3S. The Kier molecular flexibility index (Phi) is 5.11. The van der Waals surface area contributed by atoms with Crippen LogP contribution in [0.3, 0.4) is 0 Å². The summed E-state index contributed by atoms with van der Waals surface area (Å²) in [6.07, 6.45) is 0.419. The summed E-state index contributed by atoms with van der Waals surface area (Å²) in [6, 6.07) is 15.9. The molecule has 0 aliphatic rings. The zero-order valence-corrected chi connectivity index (χ0v) is 15.5. The lowest BCUT2D eigenvalue weighted by atomic mass is 10.1. The molecule has 0 saturated carbocycles. The Hall–Kier alpha value is -2.64. The molecule has 3 rings (SSSR count). The second-order valence-corrected chi connectivity index (χ2v) is 7.70. The predicted molar refractivity (Wildman–Crippen MR) is 99.8 cm³/mol. The van der Waals surface area contributed by atoms with Crippen molar-refractivity contribution in [3.05, 3.63) is 60.2 Å². The number of sulfone groups is 1. The average molecular weight is 371 g/mol. The van der Waals surface area contributed by atoms with Gasteiger partial charge in [-0.15, -0.1) is 0 Å². The van der Waals surface area contributed by atoms with E-state index in [1.54, 1.807) is 19.2 Å². The molecule has 2 N–H and O–H groups in total. The van der Waals surface area contributed by atoms with Crippen LogP contribution in [0.25, 0.3) is 11.3 Å². The van der Waals surface area contributed by atoms with Crippen LogP contribution in [0.5, 0.6) is 5.75 Å². The fraction of sp³-hybridized carbons (Fsp3) is 0.211. The van der Waals surface area contributed by atoms with E-state index in [1.807, 2.05) is 30.3 Å². The van der Waals surface area contributed by atoms with Crippen LogP contribution < -0.4 is 10.5 Å². The Labute approximate surface area is 153 Å². The first-order valence-corrected chi connectivity index (χ1v) is 9.68. The van der Waals surface area contributed by atoms with Gasteiger partial charge in [0, 0.05) is 18.2 Å². The largest absolute Gasteiger partial charge is 0.497 e. The summed E-state index contributed by atoms with van der Waals surface area (Å²) in [7, 11) is -0.566. The summed E-state index contributed by atoms with van der Waals surface area (Å²) in [6.45, 7) is 0.330. The minimum absolute atomic E-state index is 0.173. The molecule has 1 heterocycles. The molecule has 0 fully saturated rings. The molecule has 26 heavy (non-hydrogen) atoms. The number of nitrogens with zero attached hydrogens (tertiary/aromatic N) is 2. The molecule has 3 aromatic rings. The van der Waals surface area contributed by atoms with Crippen LogP contribution in [0.2, 0.25) is 0 Å². The Balaban J connectivity index is 2.18. The van der Waals surface area contributed by atoms with Crippen molar-refractivity contribution in [3.8, 4) is 17.0 Å². The standard InChI is InChI=1S/C19H21N3O3S/c1-22-19(26(23,24)16-10-8-15(25-2)9-11-16)17(12-13-20)18(21-22)14-6-4-3-5-7-14/h3-11H,12-13,20H2,1-2H3. The first-order chi connectivity index (χ1) is 12.5. The van der Waals surface area contributed by atoms with E-state index in [0.29, 0.717) is 30.0 Å². The van der Waals surface area contributed by atoms with Gasteiger partial charge in [-0.3, -0.25) is 4.68 Å². The summed E-state index contributed by atoms with van der Waals surface area (Å²) in [5, 5.41) is 4.66. The fourth-order valence-electron chi connectivity index (χ4n) is 2.95. The van der Waals surface area contributed by atoms with Crippen LogP contribution in [0.4, 0.5) is 0 Å².